The van der Waals surface area contributed by atoms with Crippen molar-refractivity contribution in [1.82, 2.24) is 24.9 Å². The molecule has 0 aliphatic rings. The Hall–Kier alpha value is -3.58. The predicted molar refractivity (Wildman–Crippen MR) is 116 cm³/mol. The molecule has 148 valence electrons. The Labute approximate surface area is 176 Å². The van der Waals surface area contributed by atoms with Gasteiger partial charge in [0.05, 0.1) is 23.6 Å². The predicted octanol–water partition coefficient (Wildman–Crippen LogP) is 5.53. The Kier molecular flexibility index (Phi) is 4.52. The quantitative estimate of drug-likeness (QED) is 0.401. The van der Waals surface area contributed by atoms with Crippen LogP contribution in [0, 0.1) is 5.82 Å². The molecule has 0 spiro atoms. The number of aromatic amines is 1. The third-order valence-corrected chi connectivity index (χ3v) is 5.29. The molecule has 0 aliphatic heterocycles. The Balaban J connectivity index is 1.66. The van der Waals surface area contributed by atoms with Crippen molar-refractivity contribution in [2.75, 3.05) is 5.32 Å². The first kappa shape index (κ1) is 18.4. The maximum absolute atomic E-state index is 14.0. The Bertz CT molecular complexity index is 1380. The zero-order valence-corrected chi connectivity index (χ0v) is 16.7. The number of halogens is 2. The van der Waals surface area contributed by atoms with Gasteiger partial charge in [0.25, 0.3) is 0 Å². The van der Waals surface area contributed by atoms with Gasteiger partial charge in [-0.2, -0.15) is 0 Å². The molecule has 0 aliphatic carbocycles. The molecule has 6 nitrogen and oxygen atoms in total. The van der Waals surface area contributed by atoms with Crippen molar-refractivity contribution in [3.8, 4) is 11.1 Å². The minimum absolute atomic E-state index is 0.243. The van der Waals surface area contributed by atoms with Crippen LogP contribution in [0.5, 0.6) is 0 Å². The first-order valence-electron chi connectivity index (χ1n) is 9.36. The molecule has 0 saturated heterocycles. The van der Waals surface area contributed by atoms with Crippen LogP contribution in [0.2, 0.25) is 5.02 Å². The highest BCUT2D eigenvalue weighted by Gasteiger charge is 2.18. The fourth-order valence-corrected chi connectivity index (χ4v) is 3.76. The highest BCUT2D eigenvalue weighted by atomic mass is 35.5. The molecular weight excluding hydrogens is 403 g/mol. The summed E-state index contributed by atoms with van der Waals surface area (Å²) in [5.41, 5.74) is 4.32. The third-order valence-electron chi connectivity index (χ3n) is 4.96. The number of benzene rings is 2. The van der Waals surface area contributed by atoms with Gasteiger partial charge in [0, 0.05) is 16.0 Å². The van der Waals surface area contributed by atoms with Gasteiger partial charge in [0.1, 0.15) is 17.7 Å². The minimum Gasteiger partial charge on any atom is -0.360 e. The number of hydrogen-bond donors (Lipinski definition) is 2. The van der Waals surface area contributed by atoms with Gasteiger partial charge in [0.15, 0.2) is 11.5 Å². The van der Waals surface area contributed by atoms with Gasteiger partial charge in [-0.1, -0.05) is 29.8 Å². The lowest BCUT2D eigenvalue weighted by molar-refractivity contribution is 0.628. The monoisotopic (exact) mass is 418 g/mol. The number of fused-ring (bicyclic) bond motifs is 2. The van der Waals surface area contributed by atoms with E-state index in [2.05, 4.69) is 25.3 Å². The summed E-state index contributed by atoms with van der Waals surface area (Å²) < 4.78 is 14.0. The molecule has 2 aromatic carbocycles. The van der Waals surface area contributed by atoms with Gasteiger partial charge >= 0.3 is 0 Å². The van der Waals surface area contributed by atoms with Crippen molar-refractivity contribution >= 4 is 39.5 Å². The van der Waals surface area contributed by atoms with Crippen molar-refractivity contribution in [3.63, 3.8) is 0 Å². The number of imidazole rings is 1. The van der Waals surface area contributed by atoms with Gasteiger partial charge in [-0.25, -0.2) is 24.3 Å². The van der Waals surface area contributed by atoms with Crippen LogP contribution in [0.15, 0.2) is 61.2 Å². The van der Waals surface area contributed by atoms with Crippen LogP contribution < -0.4 is 5.32 Å². The Morgan fingerprint density at radius 1 is 1.07 bits per heavy atom. The largest absolute Gasteiger partial charge is 0.360 e. The molecule has 2 N–H and O–H groups in total. The van der Waals surface area contributed by atoms with Crippen molar-refractivity contribution in [2.45, 2.75) is 13.0 Å². The van der Waals surface area contributed by atoms with E-state index in [1.54, 1.807) is 12.4 Å². The second-order valence-electron chi connectivity index (χ2n) is 6.93. The average Bonchev–Trinajstić information content (AvgIpc) is 3.23. The van der Waals surface area contributed by atoms with Crippen LogP contribution >= 0.6 is 11.6 Å². The van der Waals surface area contributed by atoms with E-state index in [9.17, 15) is 4.39 Å². The molecule has 0 bridgehead atoms. The fraction of sp³-hybridized carbons (Fsp3) is 0.0909. The van der Waals surface area contributed by atoms with Gasteiger partial charge in [-0.15, -0.1) is 0 Å². The summed E-state index contributed by atoms with van der Waals surface area (Å²) in [5, 5.41) is 4.79. The number of anilines is 1. The van der Waals surface area contributed by atoms with E-state index < -0.39 is 0 Å². The lowest BCUT2D eigenvalue weighted by Gasteiger charge is -2.19. The molecule has 5 aromatic rings. The second kappa shape index (κ2) is 7.35. The number of pyridine rings is 1. The highest BCUT2D eigenvalue weighted by Crippen LogP contribution is 2.34. The van der Waals surface area contributed by atoms with Crippen LogP contribution in [0.25, 0.3) is 33.2 Å². The standard InChI is InChI=1S/C22H16ClFN6/c1-12(29-22-20-21(26-10-25-20)27-11-28-22)19-15(13-4-2-5-14(24)8-13)9-16-17(23)6-3-7-18(16)30-19/h2-12H,1H3,(H2,25,26,27,28,29)/t12-/m0/s1. The van der Waals surface area contributed by atoms with Gasteiger partial charge in [0.2, 0.25) is 0 Å². The van der Waals surface area contributed by atoms with Crippen LogP contribution in [0.3, 0.4) is 0 Å². The van der Waals surface area contributed by atoms with Crippen molar-refractivity contribution in [2.24, 2.45) is 0 Å². The van der Waals surface area contributed by atoms with Gasteiger partial charge < -0.3 is 10.3 Å². The molecule has 8 heteroatoms. The van der Waals surface area contributed by atoms with E-state index in [-0.39, 0.29) is 11.9 Å². The van der Waals surface area contributed by atoms with E-state index in [1.807, 2.05) is 37.3 Å². The molecule has 3 aromatic heterocycles. The molecule has 0 amide bonds. The van der Waals surface area contributed by atoms with Crippen molar-refractivity contribution in [1.29, 1.82) is 0 Å². The molecule has 0 saturated carbocycles. The molecule has 5 rings (SSSR count). The molecule has 0 fully saturated rings. The number of nitrogens with zero attached hydrogens (tertiary/aromatic N) is 4. The smallest absolute Gasteiger partial charge is 0.182 e. The Morgan fingerprint density at radius 3 is 2.80 bits per heavy atom. The zero-order chi connectivity index (χ0) is 20.7. The number of nitrogens with one attached hydrogen (secondary N) is 2. The van der Waals surface area contributed by atoms with E-state index in [4.69, 9.17) is 16.6 Å². The molecule has 3 heterocycles. The molecule has 0 radical (unpaired) electrons. The summed E-state index contributed by atoms with van der Waals surface area (Å²) in [4.78, 5) is 20.6. The first-order chi connectivity index (χ1) is 14.6. The summed E-state index contributed by atoms with van der Waals surface area (Å²) in [6.07, 6.45) is 3.03. The van der Waals surface area contributed by atoms with Crippen LogP contribution in [-0.4, -0.2) is 24.9 Å². The number of rotatable bonds is 4. The maximum Gasteiger partial charge on any atom is 0.182 e. The summed E-state index contributed by atoms with van der Waals surface area (Å²) in [6, 6.07) is 13.8. The van der Waals surface area contributed by atoms with E-state index in [0.717, 1.165) is 27.7 Å². The maximum atomic E-state index is 14.0. The van der Waals surface area contributed by atoms with Crippen molar-refractivity contribution < 1.29 is 4.39 Å². The van der Waals surface area contributed by atoms with Crippen LogP contribution in [-0.2, 0) is 0 Å². The summed E-state index contributed by atoms with van der Waals surface area (Å²) >= 11 is 6.40. The average molecular weight is 419 g/mol. The van der Waals surface area contributed by atoms with Crippen molar-refractivity contribution in [3.05, 3.63) is 77.7 Å². The van der Waals surface area contributed by atoms with Crippen LogP contribution in [0.4, 0.5) is 10.2 Å². The highest BCUT2D eigenvalue weighted by molar-refractivity contribution is 6.35. The molecular formula is C22H16ClFN6. The lowest BCUT2D eigenvalue weighted by atomic mass is 9.98. The number of hydrogen-bond acceptors (Lipinski definition) is 5. The van der Waals surface area contributed by atoms with E-state index in [0.29, 0.717) is 22.0 Å². The van der Waals surface area contributed by atoms with Gasteiger partial charge in [-0.05, 0) is 42.8 Å². The lowest BCUT2D eigenvalue weighted by Crippen LogP contribution is -2.12. The Morgan fingerprint density at radius 2 is 1.93 bits per heavy atom. The summed E-state index contributed by atoms with van der Waals surface area (Å²) in [7, 11) is 0. The second-order valence-corrected chi connectivity index (χ2v) is 7.33. The fourth-order valence-electron chi connectivity index (χ4n) is 3.54. The zero-order valence-electron chi connectivity index (χ0n) is 15.9. The summed E-state index contributed by atoms with van der Waals surface area (Å²) in [6.45, 7) is 1.98. The number of H-pyrrole nitrogens is 1. The summed E-state index contributed by atoms with van der Waals surface area (Å²) in [5.74, 6) is 0.302. The van der Waals surface area contributed by atoms with Crippen LogP contribution in [0.1, 0.15) is 18.7 Å². The number of aromatic nitrogens is 5. The normalized spacial score (nSPS) is 12.4. The molecule has 30 heavy (non-hydrogen) atoms. The molecule has 1 atom stereocenters. The third kappa shape index (κ3) is 3.23. The minimum atomic E-state index is -0.312. The van der Waals surface area contributed by atoms with E-state index in [1.165, 1.54) is 18.5 Å². The molecule has 0 unspecified atom stereocenters. The SMILES string of the molecule is C[C@H](Nc1ncnc2nc[nH]c12)c1nc2cccc(Cl)c2cc1-c1cccc(F)c1. The topological polar surface area (TPSA) is 79.4 Å². The van der Waals surface area contributed by atoms with E-state index >= 15 is 0 Å². The first-order valence-corrected chi connectivity index (χ1v) is 9.73. The van der Waals surface area contributed by atoms with Gasteiger partial charge in [-0.3, -0.25) is 0 Å².